The number of aliphatic hydroxyl groups excluding tert-OH is 1. The van der Waals surface area contributed by atoms with Gasteiger partial charge < -0.3 is 15.7 Å². The first kappa shape index (κ1) is 13.5. The van der Waals surface area contributed by atoms with E-state index >= 15 is 0 Å². The van der Waals surface area contributed by atoms with Gasteiger partial charge in [0.1, 0.15) is 4.88 Å². The minimum Gasteiger partial charge on any atom is -0.391 e. The number of rotatable bonds is 5. The molecule has 1 fully saturated rings. The number of nitrogens with zero attached hydrogens (tertiary/aromatic N) is 1. The minimum atomic E-state index is -0.359. The van der Waals surface area contributed by atoms with Crippen LogP contribution in [0.4, 0.5) is 0 Å². The van der Waals surface area contributed by atoms with Crippen molar-refractivity contribution in [1.82, 2.24) is 15.6 Å². The average Bonchev–Trinajstić information content (AvgIpc) is 2.96. The summed E-state index contributed by atoms with van der Waals surface area (Å²) in [5.74, 6) is 0.0194. The highest BCUT2D eigenvalue weighted by atomic mass is 32.1. The maximum Gasteiger partial charge on any atom is 0.263 e. The van der Waals surface area contributed by atoms with E-state index in [2.05, 4.69) is 22.5 Å². The molecule has 0 aliphatic carbocycles. The normalized spacial score (nSPS) is 23.2. The maximum atomic E-state index is 11.9. The van der Waals surface area contributed by atoms with Crippen molar-refractivity contribution in [3.8, 4) is 0 Å². The van der Waals surface area contributed by atoms with Crippen molar-refractivity contribution in [2.24, 2.45) is 5.92 Å². The number of aromatic nitrogens is 1. The minimum absolute atomic E-state index is 0.0889. The highest BCUT2D eigenvalue weighted by Crippen LogP contribution is 2.15. The Morgan fingerprint density at radius 1 is 1.67 bits per heavy atom. The fraction of sp³-hybridized carbons (Fsp3) is 0.667. The van der Waals surface area contributed by atoms with Crippen LogP contribution in [-0.2, 0) is 6.42 Å². The van der Waals surface area contributed by atoms with Gasteiger partial charge in [0.05, 0.1) is 17.3 Å². The number of β-amino-alcohol motifs (C(OH)–C–C–N with tert-alkyl or cyclic N) is 1. The first-order valence-electron chi connectivity index (χ1n) is 6.32. The summed E-state index contributed by atoms with van der Waals surface area (Å²) in [6.07, 6.45) is 3.23. The number of nitrogens with one attached hydrogen (secondary N) is 2. The van der Waals surface area contributed by atoms with Gasteiger partial charge in [0.15, 0.2) is 0 Å². The molecule has 0 bridgehead atoms. The number of hydrogen-bond donors (Lipinski definition) is 3. The van der Waals surface area contributed by atoms with Crippen LogP contribution in [0.25, 0.3) is 0 Å². The van der Waals surface area contributed by atoms with Crippen LogP contribution in [0.2, 0.25) is 0 Å². The fourth-order valence-corrected chi connectivity index (χ4v) is 2.92. The van der Waals surface area contributed by atoms with Gasteiger partial charge in [-0.1, -0.05) is 6.92 Å². The van der Waals surface area contributed by atoms with Crippen LogP contribution < -0.4 is 10.6 Å². The molecule has 1 aliphatic heterocycles. The van der Waals surface area contributed by atoms with Crippen LogP contribution in [-0.4, -0.2) is 41.7 Å². The molecule has 0 saturated carbocycles. The number of hydrogen-bond acceptors (Lipinski definition) is 5. The van der Waals surface area contributed by atoms with Gasteiger partial charge in [0.2, 0.25) is 0 Å². The SMILES string of the molecule is CCCc1ncc(C(=O)NCC2CNCC2O)s1. The standard InChI is InChI=1S/C12H19N3O2S/c1-2-3-11-14-7-10(18-11)12(17)15-5-8-4-13-6-9(8)16/h7-9,13,16H,2-6H2,1H3,(H,15,17). The molecule has 5 nitrogen and oxygen atoms in total. The molecule has 3 N–H and O–H groups in total. The molecule has 0 aromatic carbocycles. The third-order valence-corrected chi connectivity index (χ3v) is 4.13. The molecule has 2 unspecified atom stereocenters. The molecule has 1 saturated heterocycles. The van der Waals surface area contributed by atoms with Gasteiger partial charge in [-0.25, -0.2) is 4.98 Å². The van der Waals surface area contributed by atoms with E-state index in [1.54, 1.807) is 6.20 Å². The number of thiazole rings is 1. The van der Waals surface area contributed by atoms with Gasteiger partial charge in [-0.3, -0.25) is 4.79 Å². The van der Waals surface area contributed by atoms with Crippen molar-refractivity contribution in [3.05, 3.63) is 16.1 Å². The molecule has 0 spiro atoms. The zero-order valence-electron chi connectivity index (χ0n) is 10.5. The Morgan fingerprint density at radius 2 is 2.50 bits per heavy atom. The highest BCUT2D eigenvalue weighted by Gasteiger charge is 2.25. The summed E-state index contributed by atoms with van der Waals surface area (Å²) >= 11 is 1.45. The number of amides is 1. The summed E-state index contributed by atoms with van der Waals surface area (Å²) < 4.78 is 0. The quantitative estimate of drug-likeness (QED) is 0.723. The van der Waals surface area contributed by atoms with Crippen LogP contribution in [0.15, 0.2) is 6.20 Å². The lowest BCUT2D eigenvalue weighted by atomic mass is 10.1. The van der Waals surface area contributed by atoms with Gasteiger partial charge in [-0.05, 0) is 12.8 Å². The van der Waals surface area contributed by atoms with Gasteiger partial charge in [0.25, 0.3) is 5.91 Å². The topological polar surface area (TPSA) is 74.2 Å². The summed E-state index contributed by atoms with van der Waals surface area (Å²) in [5, 5.41) is 16.6. The Hall–Kier alpha value is -0.980. The van der Waals surface area contributed by atoms with E-state index in [1.807, 2.05) is 0 Å². The summed E-state index contributed by atoms with van der Waals surface area (Å²) in [5.41, 5.74) is 0. The number of aryl methyl sites for hydroxylation is 1. The zero-order valence-corrected chi connectivity index (χ0v) is 11.3. The smallest absolute Gasteiger partial charge is 0.263 e. The second kappa shape index (κ2) is 6.26. The molecule has 2 atom stereocenters. The van der Waals surface area contributed by atoms with Crippen molar-refractivity contribution in [2.75, 3.05) is 19.6 Å². The molecule has 1 aliphatic rings. The number of carbonyl (C=O) groups excluding carboxylic acids is 1. The van der Waals surface area contributed by atoms with E-state index in [0.717, 1.165) is 24.4 Å². The van der Waals surface area contributed by atoms with Crippen LogP contribution in [0.5, 0.6) is 0 Å². The predicted octanol–water partition coefficient (Wildman–Crippen LogP) is 0.406. The Labute approximate surface area is 111 Å². The number of carbonyl (C=O) groups is 1. The maximum absolute atomic E-state index is 11.9. The van der Waals surface area contributed by atoms with Crippen molar-refractivity contribution < 1.29 is 9.90 Å². The molecular formula is C12H19N3O2S. The van der Waals surface area contributed by atoms with E-state index in [-0.39, 0.29) is 17.9 Å². The van der Waals surface area contributed by atoms with Crippen LogP contribution in [0, 0.1) is 5.92 Å². The molecule has 1 amide bonds. The first-order valence-corrected chi connectivity index (χ1v) is 7.14. The van der Waals surface area contributed by atoms with Crippen molar-refractivity contribution in [3.63, 3.8) is 0 Å². The second-order valence-corrected chi connectivity index (χ2v) is 5.68. The lowest BCUT2D eigenvalue weighted by Gasteiger charge is -2.13. The van der Waals surface area contributed by atoms with Crippen molar-refractivity contribution in [2.45, 2.75) is 25.9 Å². The van der Waals surface area contributed by atoms with E-state index < -0.39 is 0 Å². The molecule has 1 aromatic rings. The van der Waals surface area contributed by atoms with Gasteiger partial charge in [-0.15, -0.1) is 11.3 Å². The lowest BCUT2D eigenvalue weighted by molar-refractivity contribution is 0.0931. The second-order valence-electron chi connectivity index (χ2n) is 4.56. The van der Waals surface area contributed by atoms with E-state index in [9.17, 15) is 9.90 Å². The van der Waals surface area contributed by atoms with Crippen LogP contribution in [0.1, 0.15) is 28.0 Å². The monoisotopic (exact) mass is 269 g/mol. The molecular weight excluding hydrogens is 250 g/mol. The molecule has 0 radical (unpaired) electrons. The van der Waals surface area contributed by atoms with Crippen LogP contribution >= 0.6 is 11.3 Å². The Kier molecular flexibility index (Phi) is 4.68. The molecule has 2 rings (SSSR count). The molecule has 1 aromatic heterocycles. The van der Waals surface area contributed by atoms with E-state index in [1.165, 1.54) is 11.3 Å². The van der Waals surface area contributed by atoms with Gasteiger partial charge in [-0.2, -0.15) is 0 Å². The summed E-state index contributed by atoms with van der Waals surface area (Å²) in [6.45, 7) is 3.97. The Morgan fingerprint density at radius 3 is 3.17 bits per heavy atom. The molecule has 100 valence electrons. The lowest BCUT2D eigenvalue weighted by Crippen LogP contribution is -2.34. The first-order chi connectivity index (χ1) is 8.70. The molecule has 2 heterocycles. The zero-order chi connectivity index (χ0) is 13.0. The summed E-state index contributed by atoms with van der Waals surface area (Å²) in [4.78, 5) is 16.8. The van der Waals surface area contributed by atoms with E-state index in [0.29, 0.717) is 18.0 Å². The van der Waals surface area contributed by atoms with Gasteiger partial charge in [0, 0.05) is 25.6 Å². The summed E-state index contributed by atoms with van der Waals surface area (Å²) in [7, 11) is 0. The fourth-order valence-electron chi connectivity index (χ4n) is 1.98. The predicted molar refractivity (Wildman–Crippen MR) is 70.8 cm³/mol. The third kappa shape index (κ3) is 3.28. The average molecular weight is 269 g/mol. The van der Waals surface area contributed by atoms with Crippen molar-refractivity contribution in [1.29, 1.82) is 0 Å². The van der Waals surface area contributed by atoms with Crippen molar-refractivity contribution >= 4 is 17.2 Å². The third-order valence-electron chi connectivity index (χ3n) is 3.07. The van der Waals surface area contributed by atoms with Gasteiger partial charge >= 0.3 is 0 Å². The molecule has 6 heteroatoms. The summed E-state index contributed by atoms with van der Waals surface area (Å²) in [6, 6.07) is 0. The molecule has 18 heavy (non-hydrogen) atoms. The van der Waals surface area contributed by atoms with Crippen LogP contribution in [0.3, 0.4) is 0 Å². The largest absolute Gasteiger partial charge is 0.391 e. The highest BCUT2D eigenvalue weighted by molar-refractivity contribution is 7.13. The Balaban J connectivity index is 1.83. The Bertz CT molecular complexity index is 408. The van der Waals surface area contributed by atoms with E-state index in [4.69, 9.17) is 0 Å². The number of aliphatic hydroxyl groups is 1.